The summed E-state index contributed by atoms with van der Waals surface area (Å²) in [5.41, 5.74) is 4.36. The van der Waals surface area contributed by atoms with E-state index in [-0.39, 0.29) is 18.4 Å². The molecule has 31 heavy (non-hydrogen) atoms. The van der Waals surface area contributed by atoms with Crippen LogP contribution in [0.3, 0.4) is 0 Å². The Balaban J connectivity index is 1.51. The van der Waals surface area contributed by atoms with Gasteiger partial charge >= 0.3 is 0 Å². The number of hydrogen-bond acceptors (Lipinski definition) is 2. The van der Waals surface area contributed by atoms with Crippen LogP contribution in [0.4, 0.5) is 5.69 Å². The van der Waals surface area contributed by atoms with Gasteiger partial charge in [0.1, 0.15) is 6.54 Å². The van der Waals surface area contributed by atoms with Gasteiger partial charge in [-0.15, -0.1) is 0 Å². The van der Waals surface area contributed by atoms with Crippen molar-refractivity contribution < 1.29 is 9.59 Å². The predicted molar refractivity (Wildman–Crippen MR) is 125 cm³/mol. The third kappa shape index (κ3) is 4.50. The molecule has 0 spiro atoms. The van der Waals surface area contributed by atoms with E-state index in [0.29, 0.717) is 23.1 Å². The zero-order chi connectivity index (χ0) is 22.1. The van der Waals surface area contributed by atoms with E-state index in [4.69, 9.17) is 0 Å². The number of amides is 2. The molecule has 5 nitrogen and oxygen atoms in total. The topological polar surface area (TPSA) is 54.3 Å². The van der Waals surface area contributed by atoms with Crippen molar-refractivity contribution in [3.63, 3.8) is 0 Å². The number of nitrogens with zero attached hydrogens (tertiary/aromatic N) is 2. The molecule has 4 rings (SSSR count). The Morgan fingerprint density at radius 1 is 1.00 bits per heavy atom. The molecule has 1 aromatic heterocycles. The first-order chi connectivity index (χ1) is 14.8. The highest BCUT2D eigenvalue weighted by atomic mass is 16.2. The van der Waals surface area contributed by atoms with Crippen molar-refractivity contribution in [3.05, 3.63) is 65.4 Å². The van der Waals surface area contributed by atoms with Gasteiger partial charge < -0.3 is 14.8 Å². The average molecular weight is 418 g/mol. The van der Waals surface area contributed by atoms with Crippen LogP contribution in [0.1, 0.15) is 41.9 Å². The van der Waals surface area contributed by atoms with Gasteiger partial charge in [0.15, 0.2) is 0 Å². The summed E-state index contributed by atoms with van der Waals surface area (Å²) < 4.78 is 2.02. The maximum Gasteiger partial charge on any atom is 0.253 e. The largest absolute Gasteiger partial charge is 0.338 e. The average Bonchev–Trinajstić information content (AvgIpc) is 3.03. The molecule has 2 unspecified atom stereocenters. The van der Waals surface area contributed by atoms with Gasteiger partial charge in [0.05, 0.1) is 0 Å². The number of carbonyl (C=O) groups is 2. The third-order valence-corrected chi connectivity index (χ3v) is 6.23. The summed E-state index contributed by atoms with van der Waals surface area (Å²) in [6.07, 6.45) is 1.16. The molecule has 2 aromatic carbocycles. The molecule has 2 heterocycles. The number of hydrogen-bond donors (Lipinski definition) is 1. The molecule has 0 bridgehead atoms. The summed E-state index contributed by atoms with van der Waals surface area (Å²) in [6.45, 7) is 10.2. The zero-order valence-electron chi connectivity index (χ0n) is 18.8. The Bertz CT molecular complexity index is 1120. The van der Waals surface area contributed by atoms with Crippen molar-refractivity contribution >= 4 is 28.4 Å². The molecule has 5 heteroatoms. The third-order valence-electron chi connectivity index (χ3n) is 6.23. The molecule has 0 saturated carbocycles. The number of likely N-dealkylation sites (tertiary alicyclic amines) is 1. The molecule has 2 amide bonds. The van der Waals surface area contributed by atoms with Gasteiger partial charge in [-0.05, 0) is 67.3 Å². The molecule has 1 aliphatic rings. The first-order valence-electron chi connectivity index (χ1n) is 11.1. The molecule has 1 fully saturated rings. The number of aryl methyl sites for hydroxylation is 2. The van der Waals surface area contributed by atoms with E-state index >= 15 is 0 Å². The van der Waals surface area contributed by atoms with Gasteiger partial charge in [0.25, 0.3) is 5.91 Å². The minimum Gasteiger partial charge on any atom is -0.338 e. The lowest BCUT2D eigenvalue weighted by molar-refractivity contribution is -0.116. The second-order valence-corrected chi connectivity index (χ2v) is 9.16. The van der Waals surface area contributed by atoms with E-state index < -0.39 is 0 Å². The standard InChI is InChI=1S/C26H31N3O2/c1-17-11-18(2)15-28(14-17)26(31)22-10-9-19(3)23(13-22)27-25(30)16-29-20(4)12-21-7-5-6-8-24(21)29/h5-10,12-13,17-18H,11,14-16H2,1-4H3,(H,27,30). The second-order valence-electron chi connectivity index (χ2n) is 9.16. The van der Waals surface area contributed by atoms with E-state index in [9.17, 15) is 9.59 Å². The lowest BCUT2D eigenvalue weighted by Crippen LogP contribution is -2.42. The highest BCUT2D eigenvalue weighted by Crippen LogP contribution is 2.25. The smallest absolute Gasteiger partial charge is 0.253 e. The second kappa shape index (κ2) is 8.58. The zero-order valence-corrected chi connectivity index (χ0v) is 18.8. The van der Waals surface area contributed by atoms with E-state index in [1.807, 2.05) is 59.7 Å². The molecule has 1 saturated heterocycles. The monoisotopic (exact) mass is 417 g/mol. The molecule has 1 aliphatic heterocycles. The van der Waals surface area contributed by atoms with Crippen LogP contribution < -0.4 is 5.32 Å². The number of carbonyl (C=O) groups excluding carboxylic acids is 2. The Morgan fingerprint density at radius 3 is 2.45 bits per heavy atom. The number of fused-ring (bicyclic) bond motifs is 1. The van der Waals surface area contributed by atoms with Crippen LogP contribution in [0.15, 0.2) is 48.5 Å². The Hall–Kier alpha value is -3.08. The summed E-state index contributed by atoms with van der Waals surface area (Å²) in [5.74, 6) is 0.965. The minimum atomic E-state index is -0.0997. The summed E-state index contributed by atoms with van der Waals surface area (Å²) in [7, 11) is 0. The van der Waals surface area contributed by atoms with E-state index in [1.165, 1.54) is 0 Å². The summed E-state index contributed by atoms with van der Waals surface area (Å²) >= 11 is 0. The Labute approximate surface area is 184 Å². The predicted octanol–water partition coefficient (Wildman–Crippen LogP) is 5.01. The van der Waals surface area contributed by atoms with Crippen LogP contribution in [0.5, 0.6) is 0 Å². The number of rotatable bonds is 4. The number of para-hydroxylation sites is 1. The van der Waals surface area contributed by atoms with Crippen LogP contribution in [-0.2, 0) is 11.3 Å². The highest BCUT2D eigenvalue weighted by Gasteiger charge is 2.26. The van der Waals surface area contributed by atoms with Crippen molar-refractivity contribution in [1.82, 2.24) is 9.47 Å². The number of nitrogens with one attached hydrogen (secondary N) is 1. The fourth-order valence-electron chi connectivity index (χ4n) is 4.79. The number of benzene rings is 2. The molecule has 1 N–H and O–H groups in total. The quantitative estimate of drug-likeness (QED) is 0.648. The summed E-state index contributed by atoms with van der Waals surface area (Å²) in [5, 5.41) is 4.15. The van der Waals surface area contributed by atoms with Gasteiger partial charge in [0.2, 0.25) is 5.91 Å². The number of aromatic nitrogens is 1. The minimum absolute atomic E-state index is 0.0427. The molecular formula is C26H31N3O2. The first kappa shape index (κ1) is 21.2. The summed E-state index contributed by atoms with van der Waals surface area (Å²) in [4.78, 5) is 27.9. The van der Waals surface area contributed by atoms with Crippen LogP contribution >= 0.6 is 0 Å². The van der Waals surface area contributed by atoms with Crippen molar-refractivity contribution in [2.75, 3.05) is 18.4 Å². The van der Waals surface area contributed by atoms with Crippen molar-refractivity contribution in [2.24, 2.45) is 11.8 Å². The van der Waals surface area contributed by atoms with Gasteiger partial charge in [0, 0.05) is 35.6 Å². The number of piperidine rings is 1. The van der Waals surface area contributed by atoms with E-state index in [2.05, 4.69) is 31.3 Å². The van der Waals surface area contributed by atoms with Crippen molar-refractivity contribution in [3.8, 4) is 0 Å². The van der Waals surface area contributed by atoms with Crippen LogP contribution in [0.25, 0.3) is 10.9 Å². The maximum atomic E-state index is 13.1. The fourth-order valence-corrected chi connectivity index (χ4v) is 4.79. The lowest BCUT2D eigenvalue weighted by Gasteiger charge is -2.35. The van der Waals surface area contributed by atoms with Crippen LogP contribution in [0, 0.1) is 25.7 Å². The molecule has 2 atom stereocenters. The highest BCUT2D eigenvalue weighted by molar-refractivity contribution is 5.98. The molecule has 162 valence electrons. The molecule has 0 aliphatic carbocycles. The summed E-state index contributed by atoms with van der Waals surface area (Å²) in [6, 6.07) is 15.8. The van der Waals surface area contributed by atoms with Crippen molar-refractivity contribution in [1.29, 1.82) is 0 Å². The van der Waals surface area contributed by atoms with Gasteiger partial charge in [-0.25, -0.2) is 0 Å². The first-order valence-corrected chi connectivity index (χ1v) is 11.1. The normalized spacial score (nSPS) is 18.9. The van der Waals surface area contributed by atoms with Crippen LogP contribution in [0.2, 0.25) is 0 Å². The van der Waals surface area contributed by atoms with Crippen molar-refractivity contribution in [2.45, 2.75) is 40.7 Å². The molecule has 0 radical (unpaired) electrons. The van der Waals surface area contributed by atoms with Crippen LogP contribution in [-0.4, -0.2) is 34.4 Å². The van der Waals surface area contributed by atoms with Gasteiger partial charge in [-0.2, -0.15) is 0 Å². The maximum absolute atomic E-state index is 13.1. The van der Waals surface area contributed by atoms with Gasteiger partial charge in [-0.1, -0.05) is 38.1 Å². The molecular weight excluding hydrogens is 386 g/mol. The Kier molecular flexibility index (Phi) is 5.86. The number of anilines is 1. The fraction of sp³-hybridized carbons (Fsp3) is 0.385. The van der Waals surface area contributed by atoms with Gasteiger partial charge in [-0.3, -0.25) is 9.59 Å². The van der Waals surface area contributed by atoms with E-state index in [1.54, 1.807) is 0 Å². The van der Waals surface area contributed by atoms with E-state index in [0.717, 1.165) is 41.7 Å². The SMILES string of the molecule is Cc1ccc(C(=O)N2CC(C)CC(C)C2)cc1NC(=O)Cn1c(C)cc2ccccc21. The Morgan fingerprint density at radius 2 is 1.71 bits per heavy atom. The lowest BCUT2D eigenvalue weighted by atomic mass is 9.91. The molecule has 3 aromatic rings.